The third-order valence-corrected chi connectivity index (χ3v) is 3.98. The van der Waals surface area contributed by atoms with Crippen LogP contribution in [-0.4, -0.2) is 23.4 Å². The molecule has 1 heterocycles. The molecule has 1 aliphatic rings. The molecule has 1 amide bonds. The Kier molecular flexibility index (Phi) is 3.97. The summed E-state index contributed by atoms with van der Waals surface area (Å²) in [4.78, 5) is 24.7. The zero-order chi connectivity index (χ0) is 16.4. The number of amides is 1. The van der Waals surface area contributed by atoms with E-state index in [9.17, 15) is 14.9 Å². The number of non-ortho nitro benzene ring substituents is 1. The van der Waals surface area contributed by atoms with Crippen molar-refractivity contribution in [3.05, 3.63) is 64.2 Å². The van der Waals surface area contributed by atoms with E-state index in [1.807, 2.05) is 31.2 Å². The Balaban J connectivity index is 1.71. The minimum Gasteiger partial charge on any atom is -0.376 e. The highest BCUT2D eigenvalue weighted by molar-refractivity contribution is 5.98. The third-order valence-electron chi connectivity index (χ3n) is 3.98. The predicted octanol–water partition coefficient (Wildman–Crippen LogP) is 2.98. The van der Waals surface area contributed by atoms with Crippen LogP contribution in [0.15, 0.2) is 48.5 Å². The first kappa shape index (κ1) is 15.0. The van der Waals surface area contributed by atoms with Crippen LogP contribution in [0.1, 0.15) is 12.5 Å². The summed E-state index contributed by atoms with van der Waals surface area (Å²) in [5.74, 6) is -0.0473. The van der Waals surface area contributed by atoms with E-state index in [2.05, 4.69) is 5.32 Å². The summed E-state index contributed by atoms with van der Waals surface area (Å²) in [5, 5.41) is 13.8. The van der Waals surface area contributed by atoms with Crippen LogP contribution >= 0.6 is 0 Å². The number of hydrogen-bond acceptors (Lipinski definition) is 4. The van der Waals surface area contributed by atoms with E-state index in [1.54, 1.807) is 17.0 Å². The van der Waals surface area contributed by atoms with Gasteiger partial charge in [0, 0.05) is 29.5 Å². The Bertz CT molecular complexity index is 760. The molecule has 0 aromatic heterocycles. The van der Waals surface area contributed by atoms with Gasteiger partial charge in [-0.25, -0.2) is 0 Å². The molecule has 2 aromatic rings. The van der Waals surface area contributed by atoms with Crippen molar-refractivity contribution in [3.8, 4) is 0 Å². The molecule has 1 N–H and O–H groups in total. The minimum atomic E-state index is -0.453. The molecule has 0 bridgehead atoms. The normalized spacial score (nSPS) is 16.0. The lowest BCUT2D eigenvalue weighted by molar-refractivity contribution is -0.384. The number of fused-ring (bicyclic) bond motifs is 1. The molecule has 0 radical (unpaired) electrons. The fourth-order valence-corrected chi connectivity index (χ4v) is 2.94. The number of nitrogens with zero attached hydrogens (tertiary/aromatic N) is 2. The first-order chi connectivity index (χ1) is 11.1. The number of nitro benzene ring substituents is 1. The fourth-order valence-electron chi connectivity index (χ4n) is 2.94. The van der Waals surface area contributed by atoms with Crippen molar-refractivity contribution >= 4 is 23.0 Å². The summed E-state index contributed by atoms with van der Waals surface area (Å²) in [7, 11) is 0. The van der Waals surface area contributed by atoms with Crippen LogP contribution in [0.5, 0.6) is 0 Å². The Morgan fingerprint density at radius 2 is 2.09 bits per heavy atom. The molecule has 0 fully saturated rings. The Hall–Kier alpha value is -2.89. The van der Waals surface area contributed by atoms with Gasteiger partial charge >= 0.3 is 0 Å². The van der Waals surface area contributed by atoms with Gasteiger partial charge in [-0.2, -0.15) is 0 Å². The highest BCUT2D eigenvalue weighted by atomic mass is 16.6. The molecule has 23 heavy (non-hydrogen) atoms. The van der Waals surface area contributed by atoms with Crippen molar-refractivity contribution < 1.29 is 9.72 Å². The van der Waals surface area contributed by atoms with Gasteiger partial charge in [-0.05, 0) is 31.0 Å². The van der Waals surface area contributed by atoms with E-state index >= 15 is 0 Å². The van der Waals surface area contributed by atoms with Crippen molar-refractivity contribution in [2.75, 3.05) is 16.8 Å². The number of hydrogen-bond donors (Lipinski definition) is 1. The van der Waals surface area contributed by atoms with Gasteiger partial charge in [0.15, 0.2) is 0 Å². The number of carbonyl (C=O) groups excluding carboxylic acids is 1. The topological polar surface area (TPSA) is 75.5 Å². The quantitative estimate of drug-likeness (QED) is 0.695. The van der Waals surface area contributed by atoms with Crippen LogP contribution in [0.2, 0.25) is 0 Å². The second-order valence-electron chi connectivity index (χ2n) is 5.61. The maximum Gasteiger partial charge on any atom is 0.271 e. The summed E-state index contributed by atoms with van der Waals surface area (Å²) < 4.78 is 0. The van der Waals surface area contributed by atoms with Gasteiger partial charge in [0.05, 0.1) is 11.5 Å². The maximum atomic E-state index is 12.5. The lowest BCUT2D eigenvalue weighted by atomic mass is 10.1. The molecule has 2 aromatic carbocycles. The summed E-state index contributed by atoms with van der Waals surface area (Å²) in [5.41, 5.74) is 2.68. The largest absolute Gasteiger partial charge is 0.376 e. The van der Waals surface area contributed by atoms with Crippen molar-refractivity contribution in [1.29, 1.82) is 0 Å². The van der Waals surface area contributed by atoms with Crippen molar-refractivity contribution in [3.63, 3.8) is 0 Å². The molecule has 6 nitrogen and oxygen atoms in total. The number of para-hydroxylation sites is 1. The van der Waals surface area contributed by atoms with Gasteiger partial charge in [-0.15, -0.1) is 0 Å². The summed E-state index contributed by atoms with van der Waals surface area (Å²) in [6, 6.07) is 14.1. The number of anilines is 2. The zero-order valence-electron chi connectivity index (χ0n) is 12.7. The average molecular weight is 311 g/mol. The zero-order valence-corrected chi connectivity index (χ0v) is 12.7. The molecule has 0 spiro atoms. The lowest BCUT2D eigenvalue weighted by Crippen LogP contribution is -2.39. The highest BCUT2D eigenvalue weighted by Crippen LogP contribution is 2.31. The third kappa shape index (κ3) is 3.01. The molecule has 0 saturated carbocycles. The van der Waals surface area contributed by atoms with Gasteiger partial charge < -0.3 is 10.2 Å². The smallest absolute Gasteiger partial charge is 0.271 e. The van der Waals surface area contributed by atoms with Crippen molar-refractivity contribution in [1.82, 2.24) is 0 Å². The second-order valence-corrected chi connectivity index (χ2v) is 5.61. The standard InChI is InChI=1S/C17H17N3O3/c1-12-9-13-5-2-3-8-16(13)19(12)17(21)11-18-14-6-4-7-15(10-14)20(22)23/h2-8,10,12,18H,9,11H2,1H3. The summed E-state index contributed by atoms with van der Waals surface area (Å²) in [6.07, 6.45) is 0.846. The Labute approximate surface area is 133 Å². The van der Waals surface area contributed by atoms with Crippen LogP contribution in [0.25, 0.3) is 0 Å². The minimum absolute atomic E-state index is 0.00216. The molecule has 6 heteroatoms. The van der Waals surface area contributed by atoms with Crippen LogP contribution in [0, 0.1) is 10.1 Å². The highest BCUT2D eigenvalue weighted by Gasteiger charge is 2.30. The van der Waals surface area contributed by atoms with Gasteiger partial charge in [0.1, 0.15) is 0 Å². The Morgan fingerprint density at radius 3 is 2.87 bits per heavy atom. The molecule has 3 rings (SSSR count). The molecule has 1 unspecified atom stereocenters. The fraction of sp³-hybridized carbons (Fsp3) is 0.235. The molecular formula is C17H17N3O3. The summed E-state index contributed by atoms with van der Waals surface area (Å²) >= 11 is 0. The van der Waals surface area contributed by atoms with E-state index in [0.29, 0.717) is 5.69 Å². The monoisotopic (exact) mass is 311 g/mol. The molecule has 0 saturated heterocycles. The Morgan fingerprint density at radius 1 is 1.30 bits per heavy atom. The van der Waals surface area contributed by atoms with Gasteiger partial charge in [0.25, 0.3) is 5.69 Å². The molecule has 1 aliphatic heterocycles. The number of carbonyl (C=O) groups is 1. The molecule has 118 valence electrons. The van der Waals surface area contributed by atoms with Crippen molar-refractivity contribution in [2.45, 2.75) is 19.4 Å². The average Bonchev–Trinajstić information content (AvgIpc) is 2.88. The van der Waals surface area contributed by atoms with Crippen LogP contribution < -0.4 is 10.2 Å². The van der Waals surface area contributed by atoms with Gasteiger partial charge in [-0.1, -0.05) is 24.3 Å². The predicted molar refractivity (Wildman–Crippen MR) is 88.7 cm³/mol. The van der Waals surface area contributed by atoms with E-state index in [1.165, 1.54) is 17.7 Å². The van der Waals surface area contributed by atoms with Crippen LogP contribution in [-0.2, 0) is 11.2 Å². The number of rotatable bonds is 4. The van der Waals surface area contributed by atoms with E-state index in [-0.39, 0.29) is 24.2 Å². The van der Waals surface area contributed by atoms with E-state index < -0.39 is 4.92 Å². The summed E-state index contributed by atoms with van der Waals surface area (Å²) in [6.45, 7) is 2.12. The molecular weight excluding hydrogens is 294 g/mol. The molecule has 0 aliphatic carbocycles. The number of nitro groups is 1. The van der Waals surface area contributed by atoms with Crippen LogP contribution in [0.3, 0.4) is 0 Å². The van der Waals surface area contributed by atoms with E-state index in [0.717, 1.165) is 12.1 Å². The first-order valence-electron chi connectivity index (χ1n) is 7.44. The SMILES string of the molecule is CC1Cc2ccccc2N1C(=O)CNc1cccc([N+](=O)[O-])c1. The van der Waals surface area contributed by atoms with Gasteiger partial charge in [0.2, 0.25) is 5.91 Å². The first-order valence-corrected chi connectivity index (χ1v) is 7.44. The van der Waals surface area contributed by atoms with Gasteiger partial charge in [-0.3, -0.25) is 14.9 Å². The van der Waals surface area contributed by atoms with E-state index in [4.69, 9.17) is 0 Å². The number of nitrogens with one attached hydrogen (secondary N) is 1. The molecule has 1 atom stereocenters. The maximum absolute atomic E-state index is 12.5. The van der Waals surface area contributed by atoms with Crippen LogP contribution in [0.4, 0.5) is 17.1 Å². The second kappa shape index (κ2) is 6.08. The lowest BCUT2D eigenvalue weighted by Gasteiger charge is -2.23. The number of benzene rings is 2. The van der Waals surface area contributed by atoms with Crippen molar-refractivity contribution in [2.24, 2.45) is 0 Å².